The van der Waals surface area contributed by atoms with Crippen LogP contribution in [0.1, 0.15) is 25.0 Å². The summed E-state index contributed by atoms with van der Waals surface area (Å²) < 4.78 is 0. The van der Waals surface area contributed by atoms with Crippen LogP contribution in [0.3, 0.4) is 0 Å². The summed E-state index contributed by atoms with van der Waals surface area (Å²) in [5.74, 6) is 0.708. The molecule has 0 saturated heterocycles. The van der Waals surface area contributed by atoms with Gasteiger partial charge >= 0.3 is 0 Å². The van der Waals surface area contributed by atoms with E-state index < -0.39 is 0 Å². The van der Waals surface area contributed by atoms with Crippen LogP contribution in [-0.2, 0) is 5.41 Å². The van der Waals surface area contributed by atoms with Gasteiger partial charge in [-0.25, -0.2) is 9.97 Å². The molecule has 1 aliphatic rings. The molecular weight excluding hydrogens is 617 g/mol. The van der Waals surface area contributed by atoms with Crippen molar-refractivity contribution in [1.82, 2.24) is 9.97 Å². The summed E-state index contributed by atoms with van der Waals surface area (Å²) in [6.45, 7) is 4.67. The van der Waals surface area contributed by atoms with Gasteiger partial charge in [0.25, 0.3) is 0 Å². The first-order chi connectivity index (χ1) is 25.0. The lowest BCUT2D eigenvalue weighted by molar-refractivity contribution is 0.660. The fourth-order valence-electron chi connectivity index (χ4n) is 7.62. The van der Waals surface area contributed by atoms with Crippen LogP contribution in [-0.4, -0.2) is 9.97 Å². The first kappa shape index (κ1) is 30.7. The Morgan fingerprint density at radius 1 is 0.333 bits per heavy atom. The van der Waals surface area contributed by atoms with Gasteiger partial charge in [0.05, 0.1) is 11.4 Å². The highest BCUT2D eigenvalue weighted by Gasteiger charge is 2.36. The normalized spacial score (nSPS) is 12.7. The summed E-state index contributed by atoms with van der Waals surface area (Å²) in [6, 6.07) is 64.8. The van der Waals surface area contributed by atoms with Gasteiger partial charge in [-0.05, 0) is 67.8 Å². The topological polar surface area (TPSA) is 25.8 Å². The standard InChI is InChI=1S/C49H36N2/c1-49(2)43-21-10-9-19-42(43)47-41(20-12-22-44(47)49)40-18-11-17-39(31-40)35-25-29-38(30-26-35)48-50-45(36-15-7-4-8-16-36)32-46(51-48)37-27-23-34(24-28-37)33-13-5-3-6-14-33/h3-32H,1-2H3. The molecule has 0 radical (unpaired) electrons. The van der Waals surface area contributed by atoms with Crippen LogP contribution >= 0.6 is 0 Å². The van der Waals surface area contributed by atoms with E-state index >= 15 is 0 Å². The molecule has 242 valence electrons. The largest absolute Gasteiger partial charge is 0.228 e. The van der Waals surface area contributed by atoms with Crippen molar-refractivity contribution in [2.75, 3.05) is 0 Å². The van der Waals surface area contributed by atoms with Crippen LogP contribution in [0.5, 0.6) is 0 Å². The maximum Gasteiger partial charge on any atom is 0.160 e. The predicted molar refractivity (Wildman–Crippen MR) is 212 cm³/mol. The first-order valence-corrected chi connectivity index (χ1v) is 17.6. The van der Waals surface area contributed by atoms with E-state index in [0.29, 0.717) is 5.82 Å². The fraction of sp³-hybridized carbons (Fsp3) is 0.0612. The molecule has 0 N–H and O–H groups in total. The van der Waals surface area contributed by atoms with Crippen LogP contribution in [0, 0.1) is 0 Å². The zero-order valence-electron chi connectivity index (χ0n) is 28.7. The number of hydrogen-bond donors (Lipinski definition) is 0. The molecule has 0 amide bonds. The lowest BCUT2D eigenvalue weighted by atomic mass is 9.82. The lowest BCUT2D eigenvalue weighted by Crippen LogP contribution is -2.14. The van der Waals surface area contributed by atoms with Gasteiger partial charge in [-0.2, -0.15) is 0 Å². The molecule has 9 rings (SSSR count). The Morgan fingerprint density at radius 2 is 0.784 bits per heavy atom. The van der Waals surface area contributed by atoms with Crippen LogP contribution in [0.2, 0.25) is 0 Å². The number of nitrogens with zero attached hydrogens (tertiary/aromatic N) is 2. The number of benzene rings is 7. The Bertz CT molecular complexity index is 2510. The number of fused-ring (bicyclic) bond motifs is 3. The summed E-state index contributed by atoms with van der Waals surface area (Å²) in [6.07, 6.45) is 0. The first-order valence-electron chi connectivity index (χ1n) is 17.6. The molecule has 7 aromatic carbocycles. The number of hydrogen-bond acceptors (Lipinski definition) is 2. The zero-order valence-corrected chi connectivity index (χ0v) is 28.7. The molecule has 0 unspecified atom stereocenters. The van der Waals surface area contributed by atoms with Gasteiger partial charge < -0.3 is 0 Å². The molecule has 51 heavy (non-hydrogen) atoms. The maximum atomic E-state index is 5.11. The molecule has 0 spiro atoms. The Hall–Kier alpha value is -6.38. The van der Waals surface area contributed by atoms with Crippen molar-refractivity contribution in [1.29, 1.82) is 0 Å². The molecule has 1 heterocycles. The SMILES string of the molecule is CC1(C)c2ccccc2-c2c(-c3cccc(-c4ccc(-c5nc(-c6ccccc6)cc(-c6ccc(-c7ccccc7)cc6)n5)cc4)c3)cccc21. The Kier molecular flexibility index (Phi) is 7.51. The van der Waals surface area contributed by atoms with E-state index in [4.69, 9.17) is 9.97 Å². The molecule has 2 heteroatoms. The Morgan fingerprint density at radius 3 is 1.49 bits per heavy atom. The van der Waals surface area contributed by atoms with Crippen LogP contribution < -0.4 is 0 Å². The minimum absolute atomic E-state index is 0.0270. The highest BCUT2D eigenvalue weighted by molar-refractivity contribution is 5.93. The highest BCUT2D eigenvalue weighted by atomic mass is 14.9. The van der Waals surface area contributed by atoms with Gasteiger partial charge in [-0.15, -0.1) is 0 Å². The molecule has 0 fully saturated rings. The average molecular weight is 653 g/mol. The van der Waals surface area contributed by atoms with E-state index in [0.717, 1.165) is 33.6 Å². The summed E-state index contributed by atoms with van der Waals surface area (Å²) in [7, 11) is 0. The third kappa shape index (κ3) is 5.56. The van der Waals surface area contributed by atoms with Gasteiger partial charge in [0.2, 0.25) is 0 Å². The molecule has 0 bridgehead atoms. The minimum atomic E-state index is -0.0270. The van der Waals surface area contributed by atoms with Gasteiger partial charge in [-0.1, -0.05) is 184 Å². The maximum absolute atomic E-state index is 5.11. The van der Waals surface area contributed by atoms with E-state index in [1.165, 1.54) is 50.1 Å². The third-order valence-electron chi connectivity index (χ3n) is 10.3. The molecule has 0 aliphatic heterocycles. The minimum Gasteiger partial charge on any atom is -0.228 e. The van der Waals surface area contributed by atoms with E-state index in [-0.39, 0.29) is 5.41 Å². The fourth-order valence-corrected chi connectivity index (χ4v) is 7.62. The monoisotopic (exact) mass is 652 g/mol. The van der Waals surface area contributed by atoms with Crippen LogP contribution in [0.4, 0.5) is 0 Å². The Balaban J connectivity index is 1.07. The molecule has 0 saturated carbocycles. The summed E-state index contributed by atoms with van der Waals surface area (Å²) in [5, 5.41) is 0. The van der Waals surface area contributed by atoms with E-state index in [1.54, 1.807) is 0 Å². The molecule has 0 atom stereocenters. The Labute approximate surface area is 299 Å². The zero-order chi connectivity index (χ0) is 34.4. The smallest absolute Gasteiger partial charge is 0.160 e. The van der Waals surface area contributed by atoms with Gasteiger partial charge in [-0.3, -0.25) is 0 Å². The summed E-state index contributed by atoms with van der Waals surface area (Å²) >= 11 is 0. The number of aromatic nitrogens is 2. The van der Waals surface area contributed by atoms with Crippen LogP contribution in [0.25, 0.3) is 78.4 Å². The predicted octanol–water partition coefficient (Wildman–Crippen LogP) is 12.8. The van der Waals surface area contributed by atoms with Crippen molar-refractivity contribution in [2.24, 2.45) is 0 Å². The van der Waals surface area contributed by atoms with E-state index in [1.807, 2.05) is 12.1 Å². The van der Waals surface area contributed by atoms with Crippen LogP contribution in [0.15, 0.2) is 182 Å². The van der Waals surface area contributed by atoms with Crippen molar-refractivity contribution in [3.05, 3.63) is 193 Å². The average Bonchev–Trinajstić information content (AvgIpc) is 3.44. The summed E-state index contributed by atoms with van der Waals surface area (Å²) in [4.78, 5) is 10.2. The van der Waals surface area contributed by atoms with Crippen molar-refractivity contribution in [2.45, 2.75) is 19.3 Å². The second-order valence-electron chi connectivity index (χ2n) is 13.8. The second kappa shape index (κ2) is 12.5. The van der Waals surface area contributed by atoms with Gasteiger partial charge in [0.1, 0.15) is 0 Å². The molecule has 1 aliphatic carbocycles. The summed E-state index contributed by atoms with van der Waals surface area (Å²) in [5.41, 5.74) is 17.6. The van der Waals surface area contributed by atoms with Gasteiger partial charge in [0, 0.05) is 22.1 Å². The quantitative estimate of drug-likeness (QED) is 0.179. The van der Waals surface area contributed by atoms with Gasteiger partial charge in [0.15, 0.2) is 5.82 Å². The van der Waals surface area contributed by atoms with Crippen molar-refractivity contribution in [3.63, 3.8) is 0 Å². The number of rotatable bonds is 6. The highest BCUT2D eigenvalue weighted by Crippen LogP contribution is 2.52. The molecule has 8 aromatic rings. The second-order valence-corrected chi connectivity index (χ2v) is 13.8. The molecule has 2 nitrogen and oxygen atoms in total. The van der Waals surface area contributed by atoms with E-state index in [2.05, 4.69) is 184 Å². The van der Waals surface area contributed by atoms with Crippen molar-refractivity contribution in [3.8, 4) is 78.4 Å². The van der Waals surface area contributed by atoms with Crippen molar-refractivity contribution < 1.29 is 0 Å². The van der Waals surface area contributed by atoms with Crippen molar-refractivity contribution >= 4 is 0 Å². The lowest BCUT2D eigenvalue weighted by Gasteiger charge is -2.21. The third-order valence-corrected chi connectivity index (χ3v) is 10.3. The molecule has 1 aromatic heterocycles. The molecular formula is C49H36N2. The van der Waals surface area contributed by atoms with E-state index in [9.17, 15) is 0 Å².